The van der Waals surface area contributed by atoms with Gasteiger partial charge in [-0.05, 0) is 43.5 Å². The molecule has 0 spiro atoms. The Kier molecular flexibility index (Phi) is 4.29. The van der Waals surface area contributed by atoms with Crippen LogP contribution in [0.4, 0.5) is 5.69 Å². The molecule has 2 aromatic rings. The minimum Gasteiger partial charge on any atom is -0.398 e. The Bertz CT molecular complexity index is 713. The van der Waals surface area contributed by atoms with Gasteiger partial charge >= 0.3 is 0 Å². The third kappa shape index (κ3) is 3.22. The van der Waals surface area contributed by atoms with Crippen LogP contribution in [0.2, 0.25) is 0 Å². The third-order valence-corrected chi connectivity index (χ3v) is 5.13. The van der Waals surface area contributed by atoms with Crippen molar-refractivity contribution in [2.75, 3.05) is 12.3 Å². The summed E-state index contributed by atoms with van der Waals surface area (Å²) in [4.78, 5) is 4.08. The lowest BCUT2D eigenvalue weighted by atomic mass is 10.1. The first-order valence-electron chi connectivity index (χ1n) is 6.44. The summed E-state index contributed by atoms with van der Waals surface area (Å²) in [7, 11) is -3.64. The minimum absolute atomic E-state index is 0.189. The highest BCUT2D eigenvalue weighted by molar-refractivity contribution is 7.89. The normalized spacial score (nSPS) is 11.8. The van der Waals surface area contributed by atoms with Crippen molar-refractivity contribution >= 4 is 15.7 Å². The summed E-state index contributed by atoms with van der Waals surface area (Å²) in [5.41, 5.74) is 8.44. The van der Waals surface area contributed by atoms with Crippen molar-refractivity contribution in [1.29, 1.82) is 0 Å². The first-order chi connectivity index (χ1) is 9.83. The Hall–Kier alpha value is -1.93. The highest BCUT2D eigenvalue weighted by atomic mass is 32.2. The fourth-order valence-electron chi connectivity index (χ4n) is 2.12. The zero-order valence-electron chi connectivity index (χ0n) is 12.2. The number of nitrogens with two attached hydrogens (primary N) is 1. The van der Waals surface area contributed by atoms with Crippen LogP contribution < -0.4 is 10.5 Å². The van der Waals surface area contributed by atoms with Gasteiger partial charge in [-0.3, -0.25) is 0 Å². The molecular weight excluding hydrogens is 292 g/mol. The molecule has 0 bridgehead atoms. The van der Waals surface area contributed by atoms with Gasteiger partial charge in [-0.25, -0.2) is 13.1 Å². The van der Waals surface area contributed by atoms with Crippen LogP contribution in [0.3, 0.4) is 0 Å². The number of nitrogens with one attached hydrogen (secondary N) is 1. The fourth-order valence-corrected chi connectivity index (χ4v) is 3.72. The summed E-state index contributed by atoms with van der Waals surface area (Å²) < 4.78 is 32.1. The van der Waals surface area contributed by atoms with Crippen LogP contribution in [0, 0.1) is 20.8 Å². The van der Waals surface area contributed by atoms with E-state index in [0.717, 1.165) is 5.56 Å². The quantitative estimate of drug-likeness (QED) is 0.800. The number of nitrogen functional groups attached to an aromatic ring is 1. The Morgan fingerprint density at radius 1 is 1.29 bits per heavy atom. The maximum absolute atomic E-state index is 12.5. The molecule has 21 heavy (non-hydrogen) atoms. The first-order valence-corrected chi connectivity index (χ1v) is 7.92. The molecule has 1 aromatic heterocycles. The van der Waals surface area contributed by atoms with Crippen LogP contribution in [0.5, 0.6) is 0 Å². The highest BCUT2D eigenvalue weighted by Crippen LogP contribution is 2.27. The summed E-state index contributed by atoms with van der Waals surface area (Å²) >= 11 is 0. The molecule has 114 valence electrons. The average molecular weight is 310 g/mol. The summed E-state index contributed by atoms with van der Waals surface area (Å²) in [5.74, 6) is 0.454. The van der Waals surface area contributed by atoms with Crippen LogP contribution >= 0.6 is 0 Å². The zero-order valence-corrected chi connectivity index (χ0v) is 13.0. The second kappa shape index (κ2) is 5.82. The maximum Gasteiger partial charge on any atom is 0.241 e. The Balaban J connectivity index is 2.23. The number of aromatic nitrogens is 2. The molecule has 0 aliphatic heterocycles. The monoisotopic (exact) mass is 310 g/mol. The van der Waals surface area contributed by atoms with Gasteiger partial charge in [0.05, 0.1) is 4.90 Å². The average Bonchev–Trinajstić information content (AvgIpc) is 2.89. The molecule has 0 atom stereocenters. The maximum atomic E-state index is 12.5. The SMILES string of the molecule is Cc1cc(N)c(C)c(S(=O)(=O)NCCc2ncon2)c1C. The molecule has 1 heterocycles. The molecule has 0 unspecified atom stereocenters. The minimum atomic E-state index is -3.64. The van der Waals surface area contributed by atoms with E-state index >= 15 is 0 Å². The highest BCUT2D eigenvalue weighted by Gasteiger charge is 2.22. The molecular formula is C13H18N4O3S. The molecule has 0 saturated carbocycles. The summed E-state index contributed by atoms with van der Waals surface area (Å²) in [5, 5.41) is 3.63. The smallest absolute Gasteiger partial charge is 0.241 e. The van der Waals surface area contributed by atoms with Crippen molar-refractivity contribution in [2.45, 2.75) is 32.1 Å². The largest absolute Gasteiger partial charge is 0.398 e. The van der Waals surface area contributed by atoms with Gasteiger partial charge in [0.2, 0.25) is 16.4 Å². The molecule has 3 N–H and O–H groups in total. The number of anilines is 1. The lowest BCUT2D eigenvalue weighted by Gasteiger charge is -2.15. The Labute approximate surface area is 123 Å². The van der Waals surface area contributed by atoms with E-state index in [9.17, 15) is 8.42 Å². The van der Waals surface area contributed by atoms with Gasteiger partial charge in [-0.15, -0.1) is 0 Å². The Morgan fingerprint density at radius 2 is 2.00 bits per heavy atom. The third-order valence-electron chi connectivity index (χ3n) is 3.39. The van der Waals surface area contributed by atoms with Crippen molar-refractivity contribution < 1.29 is 12.9 Å². The van der Waals surface area contributed by atoms with E-state index < -0.39 is 10.0 Å². The van der Waals surface area contributed by atoms with Gasteiger partial charge in [-0.2, -0.15) is 4.98 Å². The lowest BCUT2D eigenvalue weighted by Crippen LogP contribution is -2.28. The predicted octanol–water partition coefficient (Wildman–Crippen LogP) is 1.10. The molecule has 2 rings (SSSR count). The van der Waals surface area contributed by atoms with E-state index in [1.54, 1.807) is 19.9 Å². The zero-order chi connectivity index (χ0) is 15.6. The van der Waals surface area contributed by atoms with E-state index in [0.29, 0.717) is 29.1 Å². The molecule has 7 nitrogen and oxygen atoms in total. The van der Waals surface area contributed by atoms with Gasteiger partial charge in [0.1, 0.15) is 0 Å². The van der Waals surface area contributed by atoms with Crippen LogP contribution in [0.15, 0.2) is 21.9 Å². The molecule has 0 fully saturated rings. The van der Waals surface area contributed by atoms with E-state index in [4.69, 9.17) is 5.73 Å². The number of aryl methyl sites for hydroxylation is 1. The summed E-state index contributed by atoms with van der Waals surface area (Å²) in [6.45, 7) is 5.50. The van der Waals surface area contributed by atoms with Gasteiger partial charge in [0.25, 0.3) is 0 Å². The van der Waals surface area contributed by atoms with Gasteiger partial charge < -0.3 is 10.3 Å². The van der Waals surface area contributed by atoms with Crippen LogP contribution in [0.1, 0.15) is 22.5 Å². The van der Waals surface area contributed by atoms with E-state index in [1.165, 1.54) is 6.39 Å². The van der Waals surface area contributed by atoms with Gasteiger partial charge in [-0.1, -0.05) is 5.16 Å². The van der Waals surface area contributed by atoms with Gasteiger partial charge in [0.15, 0.2) is 5.82 Å². The fraction of sp³-hybridized carbons (Fsp3) is 0.385. The number of hydrogen-bond donors (Lipinski definition) is 2. The predicted molar refractivity (Wildman–Crippen MR) is 78.3 cm³/mol. The number of benzene rings is 1. The van der Waals surface area contributed by atoms with Crippen molar-refractivity contribution in [1.82, 2.24) is 14.9 Å². The molecule has 1 aromatic carbocycles. The van der Waals surface area contributed by atoms with Crippen molar-refractivity contribution in [3.8, 4) is 0 Å². The number of rotatable bonds is 5. The molecule has 0 saturated heterocycles. The standard InChI is InChI=1S/C13H18N4O3S/c1-8-6-11(14)10(3)13(9(8)2)21(18,19)16-5-4-12-15-7-20-17-12/h6-7,16H,4-5,14H2,1-3H3. The molecule has 0 amide bonds. The number of hydrogen-bond acceptors (Lipinski definition) is 6. The van der Waals surface area contributed by atoms with Crippen molar-refractivity contribution in [2.24, 2.45) is 0 Å². The summed E-state index contributed by atoms with van der Waals surface area (Å²) in [6, 6.07) is 1.78. The van der Waals surface area contributed by atoms with E-state index in [1.807, 2.05) is 6.92 Å². The topological polar surface area (TPSA) is 111 Å². The van der Waals surface area contributed by atoms with Crippen LogP contribution in [0.25, 0.3) is 0 Å². The van der Waals surface area contributed by atoms with Gasteiger partial charge in [0, 0.05) is 18.7 Å². The lowest BCUT2D eigenvalue weighted by molar-refractivity contribution is 0.410. The van der Waals surface area contributed by atoms with Crippen molar-refractivity contribution in [3.05, 3.63) is 35.0 Å². The van der Waals surface area contributed by atoms with Crippen LogP contribution in [-0.2, 0) is 16.4 Å². The van der Waals surface area contributed by atoms with E-state index in [-0.39, 0.29) is 11.4 Å². The summed E-state index contributed by atoms with van der Waals surface area (Å²) in [6.07, 6.45) is 1.56. The molecule has 8 heteroatoms. The number of nitrogens with zero attached hydrogens (tertiary/aromatic N) is 2. The van der Waals surface area contributed by atoms with Crippen LogP contribution in [-0.4, -0.2) is 25.1 Å². The molecule has 0 aliphatic carbocycles. The van der Waals surface area contributed by atoms with Crippen molar-refractivity contribution in [3.63, 3.8) is 0 Å². The second-order valence-corrected chi connectivity index (χ2v) is 6.56. The molecule has 0 radical (unpaired) electrons. The number of sulfonamides is 1. The van der Waals surface area contributed by atoms with E-state index in [2.05, 4.69) is 19.4 Å². The molecule has 0 aliphatic rings. The Morgan fingerprint density at radius 3 is 2.62 bits per heavy atom. The second-order valence-electron chi connectivity index (χ2n) is 4.86. The first kappa shape index (κ1) is 15.5.